The van der Waals surface area contributed by atoms with Gasteiger partial charge in [0.05, 0.1) is 23.1 Å². The maximum Gasteiger partial charge on any atom is 0.181 e. The molecule has 0 aliphatic carbocycles. The Morgan fingerprint density at radius 2 is 2.00 bits per heavy atom. The molecule has 5 rings (SSSR count). The van der Waals surface area contributed by atoms with E-state index in [2.05, 4.69) is 20.9 Å². The van der Waals surface area contributed by atoms with Crippen molar-refractivity contribution >= 4 is 39.3 Å². The highest BCUT2D eigenvalue weighted by atomic mass is 35.5. The summed E-state index contributed by atoms with van der Waals surface area (Å²) < 4.78 is 39.7. The van der Waals surface area contributed by atoms with E-state index in [0.29, 0.717) is 60.2 Å². The number of fused-ring (bicyclic) bond motifs is 1. The van der Waals surface area contributed by atoms with Gasteiger partial charge in [0.2, 0.25) is 0 Å². The number of hydrogen-bond donors (Lipinski definition) is 1. The molecule has 0 saturated heterocycles. The first-order valence-electron chi connectivity index (χ1n) is 10.5. The molecule has 2 heterocycles. The summed E-state index contributed by atoms with van der Waals surface area (Å²) in [7, 11) is -0.109. The Bertz CT molecular complexity index is 1670. The van der Waals surface area contributed by atoms with E-state index in [1.807, 2.05) is 0 Å². The number of anilines is 1. The van der Waals surface area contributed by atoms with Crippen LogP contribution in [0.1, 0.15) is 5.56 Å². The largest absolute Gasteiger partial charge is 0.496 e. The van der Waals surface area contributed by atoms with Crippen molar-refractivity contribution < 1.29 is 17.9 Å². The van der Waals surface area contributed by atoms with E-state index >= 15 is 0 Å². The zero-order valence-corrected chi connectivity index (χ0v) is 20.2. The normalized spacial score (nSPS) is 11.7. The molecular weight excluding hydrogens is 503 g/mol. The van der Waals surface area contributed by atoms with Gasteiger partial charge in [-0.2, -0.15) is 5.26 Å². The number of halogens is 2. The lowest BCUT2D eigenvalue weighted by atomic mass is 9.94. The first-order chi connectivity index (χ1) is 17.5. The Labute approximate surface area is 212 Å². The minimum Gasteiger partial charge on any atom is -0.496 e. The van der Waals surface area contributed by atoms with Gasteiger partial charge >= 0.3 is 0 Å². The van der Waals surface area contributed by atoms with Crippen LogP contribution in [0.25, 0.3) is 33.2 Å². The van der Waals surface area contributed by atoms with Crippen LogP contribution in [0.4, 0.5) is 10.2 Å². The van der Waals surface area contributed by atoms with E-state index in [9.17, 15) is 13.9 Å². The molecule has 7 nitrogen and oxygen atoms in total. The lowest BCUT2D eigenvalue weighted by Gasteiger charge is -2.16. The van der Waals surface area contributed by atoms with Crippen molar-refractivity contribution in [2.75, 3.05) is 11.8 Å². The third-order valence-corrected chi connectivity index (χ3v) is 6.89. The molecule has 0 amide bonds. The first-order valence-corrected chi connectivity index (χ1v) is 12.1. The van der Waals surface area contributed by atoms with E-state index in [1.165, 1.54) is 31.7 Å². The number of nitriles is 1. The molecule has 0 saturated carbocycles. The average molecular weight is 519 g/mol. The Balaban J connectivity index is 1.65. The molecule has 178 valence electrons. The Kier molecular flexibility index (Phi) is 6.38. The summed E-state index contributed by atoms with van der Waals surface area (Å²) in [5.41, 5.74) is 3.14. The summed E-state index contributed by atoms with van der Waals surface area (Å²) in [4.78, 5) is 4.86. The van der Waals surface area contributed by atoms with E-state index in [0.717, 1.165) is 0 Å². The number of aromatic nitrogens is 2. The smallest absolute Gasteiger partial charge is 0.181 e. The van der Waals surface area contributed by atoms with Gasteiger partial charge in [0.15, 0.2) is 16.8 Å². The molecule has 5 aromatic rings. The first kappa shape index (κ1) is 23.5. The van der Waals surface area contributed by atoms with Gasteiger partial charge in [0.25, 0.3) is 0 Å². The molecule has 10 heteroatoms. The topological polar surface area (TPSA) is 101 Å². The number of pyridine rings is 1. The summed E-state index contributed by atoms with van der Waals surface area (Å²) in [6, 6.07) is 18.3. The Morgan fingerprint density at radius 1 is 1.14 bits per heavy atom. The van der Waals surface area contributed by atoms with E-state index in [-0.39, 0.29) is 5.82 Å². The Hall–Kier alpha value is -4.26. The second kappa shape index (κ2) is 9.77. The van der Waals surface area contributed by atoms with Gasteiger partial charge in [-0.05, 0) is 42.0 Å². The van der Waals surface area contributed by atoms with Gasteiger partial charge in [-0.1, -0.05) is 35.0 Å². The number of hydrogen-bond acceptors (Lipinski definition) is 6. The summed E-state index contributed by atoms with van der Waals surface area (Å²) in [5, 5.41) is 14.5. The third-order valence-electron chi connectivity index (χ3n) is 5.50. The zero-order chi connectivity index (χ0) is 25.2. The second-order valence-electron chi connectivity index (χ2n) is 7.64. The van der Waals surface area contributed by atoms with Crippen LogP contribution in [0.5, 0.6) is 5.75 Å². The molecule has 0 aliphatic rings. The number of nitrogens with zero attached hydrogens (tertiary/aromatic N) is 3. The highest BCUT2D eigenvalue weighted by Gasteiger charge is 2.19. The van der Waals surface area contributed by atoms with Crippen molar-refractivity contribution in [2.24, 2.45) is 0 Å². The molecule has 3 aromatic carbocycles. The number of nitrogens with one attached hydrogen (secondary N) is 1. The van der Waals surface area contributed by atoms with E-state index in [4.69, 9.17) is 20.9 Å². The molecule has 1 unspecified atom stereocenters. The van der Waals surface area contributed by atoms with E-state index < -0.39 is 11.0 Å². The van der Waals surface area contributed by atoms with E-state index in [1.54, 1.807) is 48.5 Å². The van der Waals surface area contributed by atoms with Crippen LogP contribution in [-0.2, 0) is 11.0 Å². The van der Waals surface area contributed by atoms with Crippen LogP contribution in [0.15, 0.2) is 82.5 Å². The minimum absolute atomic E-state index is 0.310. The van der Waals surface area contributed by atoms with Crippen LogP contribution >= 0.6 is 11.6 Å². The molecule has 0 fully saturated rings. The summed E-state index contributed by atoms with van der Waals surface area (Å²) in [6.45, 7) is 0. The van der Waals surface area contributed by atoms with Crippen LogP contribution in [-0.4, -0.2) is 21.5 Å². The maximum atomic E-state index is 13.8. The summed E-state index contributed by atoms with van der Waals surface area (Å²) in [6.07, 6.45) is 2.82. The molecule has 36 heavy (non-hydrogen) atoms. The predicted molar refractivity (Wildman–Crippen MR) is 135 cm³/mol. The molecule has 0 aliphatic heterocycles. The number of ether oxygens (including phenoxy) is 1. The van der Waals surface area contributed by atoms with Crippen LogP contribution in [0.3, 0.4) is 0 Å². The molecule has 1 N–H and O–H groups in total. The van der Waals surface area contributed by atoms with Crippen molar-refractivity contribution in [3.05, 3.63) is 89.5 Å². The minimum atomic E-state index is -1.62. The van der Waals surface area contributed by atoms with Crippen molar-refractivity contribution in [3.63, 3.8) is 0 Å². The predicted octanol–water partition coefficient (Wildman–Crippen LogP) is 6.36. The van der Waals surface area contributed by atoms with Gasteiger partial charge in [0, 0.05) is 39.4 Å². The SMILES string of the molecule is COc1cc(-c2cccc(F)c2)c(Cl)cc1-c1c(C#N)cnc2cc(S(=O)Nc3ccon3)ccc12. The third kappa shape index (κ3) is 4.40. The fourth-order valence-corrected chi connectivity index (χ4v) is 4.97. The molecule has 0 radical (unpaired) electrons. The summed E-state index contributed by atoms with van der Waals surface area (Å²) in [5.74, 6) is 0.396. The lowest BCUT2D eigenvalue weighted by Crippen LogP contribution is -2.05. The van der Waals surface area contributed by atoms with Gasteiger partial charge in [-0.3, -0.25) is 9.71 Å². The average Bonchev–Trinajstić information content (AvgIpc) is 3.40. The van der Waals surface area contributed by atoms with Crippen molar-refractivity contribution in [3.8, 4) is 34.1 Å². The molecular formula is C26H16ClFN4O3S. The fraction of sp³-hybridized carbons (Fsp3) is 0.0385. The zero-order valence-electron chi connectivity index (χ0n) is 18.7. The van der Waals surface area contributed by atoms with Gasteiger partial charge < -0.3 is 9.26 Å². The number of methoxy groups -OCH3 is 1. The second-order valence-corrected chi connectivity index (χ2v) is 9.26. The molecule has 0 spiro atoms. The fourth-order valence-electron chi connectivity index (χ4n) is 3.88. The quantitative estimate of drug-likeness (QED) is 0.280. The van der Waals surface area contributed by atoms with Crippen LogP contribution < -0.4 is 9.46 Å². The van der Waals surface area contributed by atoms with Gasteiger partial charge in [-0.15, -0.1) is 0 Å². The van der Waals surface area contributed by atoms with Crippen molar-refractivity contribution in [1.29, 1.82) is 5.26 Å². The molecule has 1 atom stereocenters. The van der Waals surface area contributed by atoms with Gasteiger partial charge in [-0.25, -0.2) is 8.60 Å². The molecule has 0 bridgehead atoms. The number of benzene rings is 3. The standard InChI is InChI=1S/C26H16ClFN4O3S/c1-34-24-12-20(15-3-2-4-17(28)9-15)22(27)11-21(24)26-16(13-29)14-30-23-10-18(5-6-19(23)26)36(33)32-25-7-8-35-31-25/h2-12,14H,1H3,(H,31,32). The highest BCUT2D eigenvalue weighted by Crippen LogP contribution is 2.42. The maximum absolute atomic E-state index is 13.8. The lowest BCUT2D eigenvalue weighted by molar-refractivity contribution is 0.416. The molecule has 2 aromatic heterocycles. The summed E-state index contributed by atoms with van der Waals surface area (Å²) >= 11 is 6.64. The van der Waals surface area contributed by atoms with Gasteiger partial charge in [0.1, 0.15) is 23.9 Å². The highest BCUT2D eigenvalue weighted by molar-refractivity contribution is 7.86. The van der Waals surface area contributed by atoms with Crippen LogP contribution in [0.2, 0.25) is 5.02 Å². The number of rotatable bonds is 6. The Morgan fingerprint density at radius 3 is 2.72 bits per heavy atom. The monoisotopic (exact) mass is 518 g/mol. The van der Waals surface area contributed by atoms with Crippen molar-refractivity contribution in [2.45, 2.75) is 4.90 Å². The van der Waals surface area contributed by atoms with Crippen LogP contribution in [0, 0.1) is 17.1 Å². The van der Waals surface area contributed by atoms with Crippen molar-refractivity contribution in [1.82, 2.24) is 10.1 Å².